The van der Waals surface area contributed by atoms with E-state index in [-0.39, 0.29) is 0 Å². The number of nitrogens with two attached hydrogens (primary N) is 1. The number of nitrogens with zero attached hydrogens (tertiary/aromatic N) is 2. The molecular formula is C12H8ClN3O. The molecule has 0 radical (unpaired) electrons. The van der Waals surface area contributed by atoms with Gasteiger partial charge in [-0.05, 0) is 18.2 Å². The smallest absolute Gasteiger partial charge is 0.169 e. The molecule has 84 valence electrons. The number of para-hydroxylation sites is 1. The van der Waals surface area contributed by atoms with E-state index >= 15 is 0 Å². The summed E-state index contributed by atoms with van der Waals surface area (Å²) in [6, 6.07) is 8.62. The molecule has 0 unspecified atom stereocenters. The van der Waals surface area contributed by atoms with E-state index in [0.29, 0.717) is 27.8 Å². The lowest BCUT2D eigenvalue weighted by Gasteiger charge is -2.10. The maximum Gasteiger partial charge on any atom is 0.169 e. The van der Waals surface area contributed by atoms with Crippen LogP contribution in [-0.4, -0.2) is 4.98 Å². The van der Waals surface area contributed by atoms with Crippen molar-refractivity contribution in [1.29, 1.82) is 5.26 Å². The van der Waals surface area contributed by atoms with Gasteiger partial charge in [-0.25, -0.2) is 0 Å². The van der Waals surface area contributed by atoms with Gasteiger partial charge in [-0.15, -0.1) is 0 Å². The Kier molecular flexibility index (Phi) is 3.12. The number of benzene rings is 1. The number of hydrogen-bond acceptors (Lipinski definition) is 4. The molecule has 0 bridgehead atoms. The number of aromatic nitrogens is 1. The number of ether oxygens (including phenoxy) is 1. The van der Waals surface area contributed by atoms with E-state index in [0.717, 1.165) is 0 Å². The maximum absolute atomic E-state index is 8.91. The van der Waals surface area contributed by atoms with E-state index in [1.807, 2.05) is 6.07 Å². The maximum atomic E-state index is 8.91. The van der Waals surface area contributed by atoms with Crippen molar-refractivity contribution >= 4 is 17.3 Å². The first-order chi connectivity index (χ1) is 8.22. The molecule has 0 aliphatic rings. The van der Waals surface area contributed by atoms with Crippen LogP contribution < -0.4 is 10.5 Å². The number of nitrogen functional groups attached to an aromatic ring is 1. The molecule has 2 rings (SSSR count). The minimum atomic E-state index is 0.329. The predicted octanol–water partition coefficient (Wildman–Crippen LogP) is 2.98. The Morgan fingerprint density at radius 3 is 2.88 bits per heavy atom. The van der Waals surface area contributed by atoms with Crippen LogP contribution in [0.4, 0.5) is 5.69 Å². The first kappa shape index (κ1) is 11.2. The molecule has 0 aliphatic heterocycles. The molecule has 1 aromatic heterocycles. The van der Waals surface area contributed by atoms with Crippen LogP contribution in [0.25, 0.3) is 0 Å². The van der Waals surface area contributed by atoms with E-state index in [1.54, 1.807) is 24.3 Å². The first-order valence-corrected chi connectivity index (χ1v) is 5.16. The zero-order chi connectivity index (χ0) is 12.3. The Morgan fingerprint density at radius 1 is 1.35 bits per heavy atom. The summed E-state index contributed by atoms with van der Waals surface area (Å²) < 4.78 is 5.52. The Labute approximate surface area is 103 Å². The first-order valence-electron chi connectivity index (χ1n) is 4.78. The Hall–Kier alpha value is -2.25. The summed E-state index contributed by atoms with van der Waals surface area (Å²) in [6.45, 7) is 0. The molecule has 1 aromatic carbocycles. The lowest BCUT2D eigenvalue weighted by atomic mass is 10.2. The average Bonchev–Trinajstić information content (AvgIpc) is 2.34. The van der Waals surface area contributed by atoms with E-state index in [4.69, 9.17) is 27.3 Å². The van der Waals surface area contributed by atoms with Crippen molar-refractivity contribution in [2.75, 3.05) is 5.73 Å². The standard InChI is InChI=1S/C12H8ClN3O/c13-9-2-1-3-10(15)12(9)17-11-7-16-5-4-8(11)6-14/h1-5,7H,15H2. The predicted molar refractivity (Wildman–Crippen MR) is 64.9 cm³/mol. The Bertz CT molecular complexity index is 572. The van der Waals surface area contributed by atoms with Gasteiger partial charge in [0.25, 0.3) is 0 Å². The van der Waals surface area contributed by atoms with E-state index in [1.165, 1.54) is 12.4 Å². The minimum absolute atomic E-state index is 0.329. The normalized spacial score (nSPS) is 9.65. The van der Waals surface area contributed by atoms with E-state index < -0.39 is 0 Å². The Balaban J connectivity index is 2.42. The number of pyridine rings is 1. The third-order valence-corrected chi connectivity index (χ3v) is 2.41. The van der Waals surface area contributed by atoms with Gasteiger partial charge >= 0.3 is 0 Å². The van der Waals surface area contributed by atoms with Crippen LogP contribution >= 0.6 is 11.6 Å². The fourth-order valence-electron chi connectivity index (χ4n) is 1.30. The summed E-state index contributed by atoms with van der Waals surface area (Å²) in [5, 5.41) is 9.30. The second kappa shape index (κ2) is 4.73. The van der Waals surface area contributed by atoms with Gasteiger partial charge in [0.15, 0.2) is 11.5 Å². The third-order valence-electron chi connectivity index (χ3n) is 2.11. The van der Waals surface area contributed by atoms with Crippen LogP contribution in [0.3, 0.4) is 0 Å². The second-order valence-electron chi connectivity index (χ2n) is 3.24. The number of rotatable bonds is 2. The average molecular weight is 246 g/mol. The highest BCUT2D eigenvalue weighted by atomic mass is 35.5. The molecular weight excluding hydrogens is 238 g/mol. The molecule has 1 heterocycles. The fraction of sp³-hybridized carbons (Fsp3) is 0. The topological polar surface area (TPSA) is 71.9 Å². The molecule has 17 heavy (non-hydrogen) atoms. The highest BCUT2D eigenvalue weighted by molar-refractivity contribution is 6.32. The number of nitriles is 1. The molecule has 0 saturated heterocycles. The molecule has 0 spiro atoms. The van der Waals surface area contributed by atoms with Crippen LogP contribution in [0.5, 0.6) is 11.5 Å². The summed E-state index contributed by atoms with van der Waals surface area (Å²) >= 11 is 5.97. The van der Waals surface area contributed by atoms with Crippen molar-refractivity contribution < 1.29 is 4.74 Å². The lowest BCUT2D eigenvalue weighted by Crippen LogP contribution is -1.94. The van der Waals surface area contributed by atoms with Crippen molar-refractivity contribution in [1.82, 2.24) is 4.98 Å². The molecule has 0 saturated carbocycles. The molecule has 2 N–H and O–H groups in total. The summed E-state index contributed by atoms with van der Waals surface area (Å²) in [4.78, 5) is 3.89. The largest absolute Gasteiger partial charge is 0.451 e. The van der Waals surface area contributed by atoms with Crippen LogP contribution in [0.1, 0.15) is 5.56 Å². The molecule has 5 heteroatoms. The monoisotopic (exact) mass is 245 g/mol. The summed E-state index contributed by atoms with van der Waals surface area (Å²) in [6.07, 6.45) is 2.96. The van der Waals surface area contributed by atoms with Crippen molar-refractivity contribution in [3.05, 3.63) is 47.2 Å². The van der Waals surface area contributed by atoms with Gasteiger partial charge < -0.3 is 10.5 Å². The summed E-state index contributed by atoms with van der Waals surface area (Å²) in [5.41, 5.74) is 6.53. The number of hydrogen-bond donors (Lipinski definition) is 1. The second-order valence-corrected chi connectivity index (χ2v) is 3.65. The zero-order valence-electron chi connectivity index (χ0n) is 8.72. The Morgan fingerprint density at radius 2 is 2.18 bits per heavy atom. The summed E-state index contributed by atoms with van der Waals surface area (Å²) in [7, 11) is 0. The van der Waals surface area contributed by atoms with E-state index in [9.17, 15) is 0 Å². The van der Waals surface area contributed by atoms with Gasteiger partial charge in [-0.3, -0.25) is 4.98 Å². The van der Waals surface area contributed by atoms with Crippen molar-refractivity contribution in [2.45, 2.75) is 0 Å². The molecule has 0 fully saturated rings. The third kappa shape index (κ3) is 2.30. The van der Waals surface area contributed by atoms with Crippen LogP contribution in [0.2, 0.25) is 5.02 Å². The number of halogens is 1. The van der Waals surface area contributed by atoms with Gasteiger partial charge in [-0.1, -0.05) is 17.7 Å². The summed E-state index contributed by atoms with van der Waals surface area (Å²) in [5.74, 6) is 0.661. The molecule has 2 aromatic rings. The fourth-order valence-corrected chi connectivity index (χ4v) is 1.52. The molecule has 0 aliphatic carbocycles. The zero-order valence-corrected chi connectivity index (χ0v) is 9.48. The van der Waals surface area contributed by atoms with Gasteiger partial charge in [0.1, 0.15) is 6.07 Å². The lowest BCUT2D eigenvalue weighted by molar-refractivity contribution is 0.481. The van der Waals surface area contributed by atoms with Gasteiger partial charge in [0.2, 0.25) is 0 Å². The van der Waals surface area contributed by atoms with Gasteiger partial charge in [0.05, 0.1) is 22.5 Å². The number of anilines is 1. The van der Waals surface area contributed by atoms with Crippen molar-refractivity contribution in [2.24, 2.45) is 0 Å². The van der Waals surface area contributed by atoms with Gasteiger partial charge in [-0.2, -0.15) is 5.26 Å². The molecule has 4 nitrogen and oxygen atoms in total. The molecule has 0 atom stereocenters. The van der Waals surface area contributed by atoms with Crippen LogP contribution in [-0.2, 0) is 0 Å². The highest BCUT2D eigenvalue weighted by Crippen LogP contribution is 2.35. The van der Waals surface area contributed by atoms with Crippen LogP contribution in [0, 0.1) is 11.3 Å². The van der Waals surface area contributed by atoms with Crippen molar-refractivity contribution in [3.8, 4) is 17.6 Å². The van der Waals surface area contributed by atoms with E-state index in [2.05, 4.69) is 4.98 Å². The SMILES string of the molecule is N#Cc1ccncc1Oc1c(N)cccc1Cl. The minimum Gasteiger partial charge on any atom is -0.451 e. The van der Waals surface area contributed by atoms with Gasteiger partial charge in [0, 0.05) is 6.20 Å². The highest BCUT2D eigenvalue weighted by Gasteiger charge is 2.10. The molecule has 0 amide bonds. The van der Waals surface area contributed by atoms with Crippen LogP contribution in [0.15, 0.2) is 36.7 Å². The van der Waals surface area contributed by atoms with Crippen molar-refractivity contribution in [3.63, 3.8) is 0 Å². The quantitative estimate of drug-likeness (QED) is 0.826.